The fourth-order valence-corrected chi connectivity index (χ4v) is 3.37. The van der Waals surface area contributed by atoms with Gasteiger partial charge in [0.2, 0.25) is 0 Å². The van der Waals surface area contributed by atoms with E-state index in [1.165, 1.54) is 6.26 Å². The van der Waals surface area contributed by atoms with Crippen molar-refractivity contribution in [1.29, 1.82) is 0 Å². The number of hydrogen-bond acceptors (Lipinski definition) is 4. The zero-order valence-corrected chi connectivity index (χ0v) is 10.8. The molecule has 0 saturated carbocycles. The lowest BCUT2D eigenvalue weighted by Gasteiger charge is -2.33. The van der Waals surface area contributed by atoms with Crippen LogP contribution < -0.4 is 10.6 Å². The first-order valence-electron chi connectivity index (χ1n) is 5.77. The Kier molecular flexibility index (Phi) is 3.28. The Morgan fingerprint density at radius 3 is 2.35 bits per heavy atom. The minimum atomic E-state index is -2.90. The highest BCUT2D eigenvalue weighted by molar-refractivity contribution is 7.91. The molecule has 1 saturated heterocycles. The summed E-state index contributed by atoms with van der Waals surface area (Å²) in [5, 5.41) is -0.191. The van der Waals surface area contributed by atoms with Crippen molar-refractivity contribution in [3.8, 4) is 0 Å². The number of anilines is 2. The summed E-state index contributed by atoms with van der Waals surface area (Å²) >= 11 is 0. The summed E-state index contributed by atoms with van der Waals surface area (Å²) in [5.41, 5.74) is 7.68. The van der Waals surface area contributed by atoms with Crippen molar-refractivity contribution < 1.29 is 8.42 Å². The van der Waals surface area contributed by atoms with E-state index in [1.807, 2.05) is 24.3 Å². The third kappa shape index (κ3) is 2.72. The van der Waals surface area contributed by atoms with E-state index in [-0.39, 0.29) is 5.25 Å². The smallest absolute Gasteiger partial charge is 0.150 e. The Balaban J connectivity index is 2.08. The molecule has 0 spiro atoms. The molecule has 0 radical (unpaired) electrons. The van der Waals surface area contributed by atoms with Gasteiger partial charge in [0.15, 0.2) is 0 Å². The summed E-state index contributed by atoms with van der Waals surface area (Å²) in [5.74, 6) is 0. The molecule has 0 unspecified atom stereocenters. The van der Waals surface area contributed by atoms with Crippen LogP contribution in [0.2, 0.25) is 0 Å². The second kappa shape index (κ2) is 4.56. The number of para-hydroxylation sites is 2. The van der Waals surface area contributed by atoms with E-state index in [4.69, 9.17) is 5.73 Å². The molecule has 17 heavy (non-hydrogen) atoms. The lowest BCUT2D eigenvalue weighted by molar-refractivity contribution is 0.534. The molecule has 0 bridgehead atoms. The lowest BCUT2D eigenvalue weighted by atomic mass is 10.1. The van der Waals surface area contributed by atoms with Crippen LogP contribution in [0.3, 0.4) is 0 Å². The zero-order chi connectivity index (χ0) is 12.5. The highest BCUT2D eigenvalue weighted by Crippen LogP contribution is 2.27. The minimum absolute atomic E-state index is 0.191. The van der Waals surface area contributed by atoms with Crippen LogP contribution in [0, 0.1) is 0 Å². The molecule has 1 aromatic carbocycles. The average molecular weight is 254 g/mol. The molecule has 1 heterocycles. The third-order valence-electron chi connectivity index (χ3n) is 3.32. The van der Waals surface area contributed by atoms with Crippen LogP contribution in [0.25, 0.3) is 0 Å². The van der Waals surface area contributed by atoms with Gasteiger partial charge in [0, 0.05) is 19.3 Å². The summed E-state index contributed by atoms with van der Waals surface area (Å²) < 4.78 is 22.9. The van der Waals surface area contributed by atoms with Gasteiger partial charge in [-0.05, 0) is 25.0 Å². The van der Waals surface area contributed by atoms with Crippen LogP contribution in [0.1, 0.15) is 12.8 Å². The molecule has 0 amide bonds. The van der Waals surface area contributed by atoms with Crippen LogP contribution in [0.4, 0.5) is 11.4 Å². The first-order valence-corrected chi connectivity index (χ1v) is 7.72. The van der Waals surface area contributed by atoms with Crippen molar-refractivity contribution in [3.05, 3.63) is 24.3 Å². The summed E-state index contributed by atoms with van der Waals surface area (Å²) in [6.07, 6.45) is 2.70. The Labute approximate surface area is 102 Å². The zero-order valence-electron chi connectivity index (χ0n) is 9.96. The molecule has 1 aromatic rings. The molecular formula is C12H18N2O2S. The van der Waals surface area contributed by atoms with Crippen molar-refractivity contribution in [2.24, 2.45) is 0 Å². The van der Waals surface area contributed by atoms with Crippen LogP contribution in [0.15, 0.2) is 24.3 Å². The van der Waals surface area contributed by atoms with Crippen molar-refractivity contribution in [2.75, 3.05) is 30.0 Å². The van der Waals surface area contributed by atoms with E-state index in [9.17, 15) is 8.42 Å². The Hall–Kier alpha value is -1.23. The van der Waals surface area contributed by atoms with E-state index in [0.717, 1.165) is 24.5 Å². The molecule has 2 rings (SSSR count). The van der Waals surface area contributed by atoms with Crippen molar-refractivity contribution >= 4 is 21.2 Å². The Bertz CT molecular complexity index is 491. The minimum Gasteiger partial charge on any atom is -0.397 e. The maximum atomic E-state index is 11.5. The molecule has 1 aliphatic heterocycles. The number of rotatable bonds is 2. The van der Waals surface area contributed by atoms with E-state index in [0.29, 0.717) is 12.8 Å². The fourth-order valence-electron chi connectivity index (χ4n) is 2.30. The van der Waals surface area contributed by atoms with Gasteiger partial charge in [0.1, 0.15) is 9.84 Å². The van der Waals surface area contributed by atoms with Crippen LogP contribution in [0.5, 0.6) is 0 Å². The second-order valence-corrected chi connectivity index (χ2v) is 6.90. The molecule has 94 valence electrons. The van der Waals surface area contributed by atoms with Crippen molar-refractivity contribution in [1.82, 2.24) is 0 Å². The number of nitrogens with zero attached hydrogens (tertiary/aromatic N) is 1. The highest BCUT2D eigenvalue weighted by Gasteiger charge is 2.27. The normalized spacial score (nSPS) is 18.3. The maximum Gasteiger partial charge on any atom is 0.150 e. The average Bonchev–Trinajstić information content (AvgIpc) is 2.29. The van der Waals surface area contributed by atoms with Gasteiger partial charge in [0.05, 0.1) is 16.6 Å². The molecule has 0 atom stereocenters. The van der Waals surface area contributed by atoms with Crippen molar-refractivity contribution in [3.63, 3.8) is 0 Å². The van der Waals surface area contributed by atoms with Crippen LogP contribution in [-0.2, 0) is 9.84 Å². The maximum absolute atomic E-state index is 11.5. The summed E-state index contributed by atoms with van der Waals surface area (Å²) in [6.45, 7) is 1.51. The molecule has 0 aliphatic carbocycles. The Morgan fingerprint density at radius 2 is 1.82 bits per heavy atom. The summed E-state index contributed by atoms with van der Waals surface area (Å²) in [7, 11) is -2.90. The molecule has 1 fully saturated rings. The first kappa shape index (κ1) is 12.2. The van der Waals surface area contributed by atoms with E-state index < -0.39 is 9.84 Å². The van der Waals surface area contributed by atoms with Crippen LogP contribution >= 0.6 is 0 Å². The van der Waals surface area contributed by atoms with Crippen LogP contribution in [-0.4, -0.2) is 33.0 Å². The molecule has 4 nitrogen and oxygen atoms in total. The number of nitrogens with two attached hydrogens (primary N) is 1. The topological polar surface area (TPSA) is 63.4 Å². The third-order valence-corrected chi connectivity index (χ3v) is 5.01. The van der Waals surface area contributed by atoms with Gasteiger partial charge in [-0.25, -0.2) is 8.42 Å². The first-order chi connectivity index (χ1) is 7.98. The van der Waals surface area contributed by atoms with Gasteiger partial charge >= 0.3 is 0 Å². The van der Waals surface area contributed by atoms with Gasteiger partial charge < -0.3 is 10.6 Å². The van der Waals surface area contributed by atoms with Gasteiger partial charge in [-0.2, -0.15) is 0 Å². The quantitative estimate of drug-likeness (QED) is 0.808. The Morgan fingerprint density at radius 1 is 1.24 bits per heavy atom. The van der Waals surface area contributed by atoms with Gasteiger partial charge in [-0.3, -0.25) is 0 Å². The lowest BCUT2D eigenvalue weighted by Crippen LogP contribution is -2.39. The second-order valence-electron chi connectivity index (χ2n) is 4.57. The monoisotopic (exact) mass is 254 g/mol. The molecule has 2 N–H and O–H groups in total. The summed E-state index contributed by atoms with van der Waals surface area (Å²) in [6, 6.07) is 7.71. The number of nitrogen functional groups attached to an aromatic ring is 1. The number of sulfone groups is 1. The van der Waals surface area contributed by atoms with Crippen molar-refractivity contribution in [2.45, 2.75) is 18.1 Å². The van der Waals surface area contributed by atoms with E-state index in [1.54, 1.807) is 0 Å². The highest BCUT2D eigenvalue weighted by atomic mass is 32.2. The molecule has 5 heteroatoms. The standard InChI is InChI=1S/C12H18N2O2S/c1-17(15,16)10-6-8-14(9-7-10)12-5-3-2-4-11(12)13/h2-5,10H,6-9,13H2,1H3. The fraction of sp³-hybridized carbons (Fsp3) is 0.500. The SMILES string of the molecule is CS(=O)(=O)C1CCN(c2ccccc2N)CC1. The molecule has 1 aliphatic rings. The number of piperidine rings is 1. The van der Waals surface area contributed by atoms with Gasteiger partial charge in [-0.15, -0.1) is 0 Å². The van der Waals surface area contributed by atoms with Gasteiger partial charge in [-0.1, -0.05) is 12.1 Å². The van der Waals surface area contributed by atoms with Gasteiger partial charge in [0.25, 0.3) is 0 Å². The summed E-state index contributed by atoms with van der Waals surface area (Å²) in [4.78, 5) is 2.16. The number of benzene rings is 1. The largest absolute Gasteiger partial charge is 0.397 e. The number of hydrogen-bond donors (Lipinski definition) is 1. The van der Waals surface area contributed by atoms with E-state index in [2.05, 4.69) is 4.90 Å². The van der Waals surface area contributed by atoms with E-state index >= 15 is 0 Å². The predicted molar refractivity (Wildman–Crippen MR) is 70.9 cm³/mol. The predicted octanol–water partition coefficient (Wildman–Crippen LogP) is 1.28. The molecular weight excluding hydrogens is 236 g/mol. The molecule has 0 aromatic heterocycles.